The van der Waals surface area contributed by atoms with Gasteiger partial charge in [0, 0.05) is 19.2 Å². The highest BCUT2D eigenvalue weighted by Gasteiger charge is 2.14. The van der Waals surface area contributed by atoms with Crippen LogP contribution in [0, 0.1) is 0 Å². The summed E-state index contributed by atoms with van der Waals surface area (Å²) in [5.74, 6) is 1.48. The van der Waals surface area contributed by atoms with Crippen LogP contribution in [-0.2, 0) is 10.0 Å². The Hall–Kier alpha value is -3.94. The molecule has 13 heteroatoms. The van der Waals surface area contributed by atoms with Crippen LogP contribution in [0.4, 0.5) is 5.82 Å². The van der Waals surface area contributed by atoms with Crippen LogP contribution >= 0.6 is 0 Å². The molecule has 35 heavy (non-hydrogen) atoms. The molecule has 182 valence electrons. The third-order valence-electron chi connectivity index (χ3n) is 4.93. The molecule has 0 bridgehead atoms. The van der Waals surface area contributed by atoms with Gasteiger partial charge >= 0.3 is 0 Å². The minimum Gasteiger partial charge on any atom is -0.481 e. The number of nitrogens with zero attached hydrogens (tertiary/aromatic N) is 7. The molecule has 0 aliphatic rings. The van der Waals surface area contributed by atoms with Gasteiger partial charge in [-0.3, -0.25) is 5.43 Å². The lowest BCUT2D eigenvalue weighted by atomic mass is 10.2. The summed E-state index contributed by atoms with van der Waals surface area (Å²) in [5.41, 5.74) is 4.16. The maximum atomic E-state index is 12.4. The fourth-order valence-corrected chi connectivity index (χ4v) is 4.15. The van der Waals surface area contributed by atoms with Gasteiger partial charge in [-0.25, -0.2) is 23.1 Å². The number of likely N-dealkylation sites (N-methyl/N-ethyl adjacent to an activating group) is 1. The number of hydrogen-bond acceptors (Lipinski definition) is 10. The zero-order valence-electron chi connectivity index (χ0n) is 19.5. The van der Waals surface area contributed by atoms with E-state index in [0.717, 1.165) is 0 Å². The average molecular weight is 496 g/mol. The fraction of sp³-hybridized carbons (Fsp3) is 0.227. The summed E-state index contributed by atoms with van der Waals surface area (Å²) in [4.78, 5) is 15.0. The fourth-order valence-electron chi connectivity index (χ4n) is 3.12. The number of pyridine rings is 1. The van der Waals surface area contributed by atoms with E-state index in [4.69, 9.17) is 4.74 Å². The average Bonchev–Trinajstić information content (AvgIpc) is 3.29. The normalized spacial score (nSPS) is 12.0. The van der Waals surface area contributed by atoms with Crippen LogP contribution < -0.4 is 14.9 Å². The Bertz CT molecular complexity index is 1430. The van der Waals surface area contributed by atoms with Crippen molar-refractivity contribution in [1.82, 2.24) is 34.4 Å². The Balaban J connectivity index is 1.46. The van der Waals surface area contributed by atoms with Crippen molar-refractivity contribution in [2.75, 3.05) is 39.7 Å². The smallest absolute Gasteiger partial charge is 0.240 e. The SMILES string of the molecule is COc1cccc(-n2ncc3c(NN=Cc4ccc(S(=O)(=O)NCCN(C)C)cc4)ncnc32)n1. The second-order valence-corrected chi connectivity index (χ2v) is 9.46. The lowest BCUT2D eigenvalue weighted by Gasteiger charge is -2.11. The minimum atomic E-state index is -3.56. The number of hydrogen-bond donors (Lipinski definition) is 2. The molecule has 0 saturated heterocycles. The van der Waals surface area contributed by atoms with E-state index >= 15 is 0 Å². The van der Waals surface area contributed by atoms with Crippen LogP contribution in [0.1, 0.15) is 5.56 Å². The van der Waals surface area contributed by atoms with E-state index in [-0.39, 0.29) is 4.90 Å². The van der Waals surface area contributed by atoms with Crippen LogP contribution in [0.3, 0.4) is 0 Å². The Kier molecular flexibility index (Phi) is 7.29. The molecular weight excluding hydrogens is 470 g/mol. The number of fused-ring (bicyclic) bond motifs is 1. The van der Waals surface area contributed by atoms with Gasteiger partial charge in [0.25, 0.3) is 0 Å². The molecule has 3 heterocycles. The first-order chi connectivity index (χ1) is 16.9. The zero-order valence-corrected chi connectivity index (χ0v) is 20.3. The largest absolute Gasteiger partial charge is 0.481 e. The van der Waals surface area contributed by atoms with Crippen molar-refractivity contribution < 1.29 is 13.2 Å². The number of benzene rings is 1. The predicted molar refractivity (Wildman–Crippen MR) is 132 cm³/mol. The third kappa shape index (κ3) is 5.77. The lowest BCUT2D eigenvalue weighted by molar-refractivity contribution is 0.397. The quantitative estimate of drug-likeness (QED) is 0.247. The number of rotatable bonds is 10. The van der Waals surface area contributed by atoms with Crippen LogP contribution in [0.25, 0.3) is 16.9 Å². The number of aromatic nitrogens is 5. The van der Waals surface area contributed by atoms with Crippen LogP contribution in [0.2, 0.25) is 0 Å². The molecule has 12 nitrogen and oxygen atoms in total. The lowest BCUT2D eigenvalue weighted by Crippen LogP contribution is -2.31. The van der Waals surface area contributed by atoms with Crippen molar-refractivity contribution in [3.05, 3.63) is 60.6 Å². The molecule has 1 aromatic carbocycles. The first-order valence-corrected chi connectivity index (χ1v) is 12.1. The van der Waals surface area contributed by atoms with Crippen LogP contribution in [0.5, 0.6) is 5.88 Å². The molecule has 0 atom stereocenters. The maximum absolute atomic E-state index is 12.4. The van der Waals surface area contributed by atoms with Gasteiger partial charge in [0.2, 0.25) is 15.9 Å². The topological polar surface area (TPSA) is 140 Å². The van der Waals surface area contributed by atoms with E-state index in [1.807, 2.05) is 25.1 Å². The highest BCUT2D eigenvalue weighted by Crippen LogP contribution is 2.21. The van der Waals surface area contributed by atoms with Crippen molar-refractivity contribution >= 4 is 33.1 Å². The molecule has 2 N–H and O–H groups in total. The highest BCUT2D eigenvalue weighted by molar-refractivity contribution is 7.89. The van der Waals surface area contributed by atoms with Gasteiger partial charge in [-0.15, -0.1) is 0 Å². The summed E-state index contributed by atoms with van der Waals surface area (Å²) in [6, 6.07) is 11.8. The van der Waals surface area contributed by atoms with Crippen molar-refractivity contribution in [1.29, 1.82) is 0 Å². The van der Waals surface area contributed by atoms with Gasteiger partial charge in [0.15, 0.2) is 17.3 Å². The maximum Gasteiger partial charge on any atom is 0.240 e. The molecule has 0 unspecified atom stereocenters. The zero-order chi connectivity index (χ0) is 24.8. The number of methoxy groups -OCH3 is 1. The Morgan fingerprint density at radius 2 is 1.94 bits per heavy atom. The van der Waals surface area contributed by atoms with Crippen molar-refractivity contribution in [3.63, 3.8) is 0 Å². The Morgan fingerprint density at radius 1 is 1.14 bits per heavy atom. The van der Waals surface area contributed by atoms with Gasteiger partial charge in [0.1, 0.15) is 6.33 Å². The van der Waals surface area contributed by atoms with Crippen molar-refractivity contribution in [3.8, 4) is 11.7 Å². The molecule has 0 fully saturated rings. The van der Waals surface area contributed by atoms with E-state index in [0.29, 0.717) is 47.2 Å². The van der Waals surface area contributed by atoms with E-state index in [1.54, 1.807) is 48.5 Å². The number of hydrazone groups is 1. The summed E-state index contributed by atoms with van der Waals surface area (Å²) in [5, 5.41) is 9.25. The first kappa shape index (κ1) is 24.2. The van der Waals surface area contributed by atoms with Gasteiger partial charge < -0.3 is 9.64 Å². The number of anilines is 1. The predicted octanol–water partition coefficient (Wildman–Crippen LogP) is 1.50. The molecule has 4 rings (SSSR count). The Labute approximate surface area is 202 Å². The van der Waals surface area contributed by atoms with Crippen molar-refractivity contribution in [2.24, 2.45) is 5.10 Å². The van der Waals surface area contributed by atoms with E-state index in [9.17, 15) is 8.42 Å². The summed E-state index contributed by atoms with van der Waals surface area (Å²) in [6.45, 7) is 0.946. The standard InChI is InChI=1S/C22H25N9O3S/c1-30(2)12-11-27-35(32,33)17-9-7-16(8-10-17)13-25-29-21-18-14-26-31(22(18)24-15-23-21)19-5-4-6-20(28-19)34-3/h4-10,13-15,27H,11-12H2,1-3H3,(H,23,24,29). The molecule has 3 aromatic heterocycles. The van der Waals surface area contributed by atoms with Gasteiger partial charge in [-0.2, -0.15) is 19.9 Å². The molecule has 0 spiro atoms. The molecule has 0 amide bonds. The number of ether oxygens (including phenoxy) is 1. The first-order valence-electron chi connectivity index (χ1n) is 10.6. The summed E-state index contributed by atoms with van der Waals surface area (Å²) in [6.07, 6.45) is 4.59. The van der Waals surface area contributed by atoms with Gasteiger partial charge in [0.05, 0.1) is 29.8 Å². The molecule has 4 aromatic rings. The summed E-state index contributed by atoms with van der Waals surface area (Å²) in [7, 11) is 1.75. The van der Waals surface area contributed by atoms with Crippen LogP contribution in [-0.4, -0.2) is 78.6 Å². The number of sulfonamides is 1. The molecule has 0 radical (unpaired) electrons. The van der Waals surface area contributed by atoms with Gasteiger partial charge in [-0.05, 0) is 37.9 Å². The second-order valence-electron chi connectivity index (χ2n) is 7.69. The number of nitrogens with one attached hydrogen (secondary N) is 2. The second kappa shape index (κ2) is 10.5. The third-order valence-corrected chi connectivity index (χ3v) is 6.40. The minimum absolute atomic E-state index is 0.192. The van der Waals surface area contributed by atoms with E-state index in [2.05, 4.69) is 35.3 Å². The summed E-state index contributed by atoms with van der Waals surface area (Å²) < 4.78 is 34.1. The van der Waals surface area contributed by atoms with E-state index < -0.39 is 10.0 Å². The van der Waals surface area contributed by atoms with Crippen molar-refractivity contribution in [2.45, 2.75) is 4.90 Å². The monoisotopic (exact) mass is 495 g/mol. The Morgan fingerprint density at radius 3 is 2.69 bits per heavy atom. The van der Waals surface area contributed by atoms with E-state index in [1.165, 1.54) is 18.5 Å². The van der Waals surface area contributed by atoms with Crippen LogP contribution in [0.15, 0.2) is 65.0 Å². The van der Waals surface area contributed by atoms with Gasteiger partial charge in [-0.1, -0.05) is 18.2 Å². The highest BCUT2D eigenvalue weighted by atomic mass is 32.2. The summed E-state index contributed by atoms with van der Waals surface area (Å²) >= 11 is 0. The molecule has 0 aliphatic heterocycles. The molecule has 0 saturated carbocycles. The molecular formula is C22H25N9O3S. The molecule has 0 aliphatic carbocycles.